The van der Waals surface area contributed by atoms with Crippen LogP contribution in [0.2, 0.25) is 0 Å². The molecule has 0 amide bonds. The second-order valence-electron chi connectivity index (χ2n) is 4.65. The molecule has 1 aliphatic heterocycles. The molecule has 5 heteroatoms. The zero-order valence-electron chi connectivity index (χ0n) is 10.5. The van der Waals surface area contributed by atoms with E-state index in [-0.39, 0.29) is 0 Å². The molecule has 1 aromatic rings. The summed E-state index contributed by atoms with van der Waals surface area (Å²) in [5.74, 6) is 0. The lowest BCUT2D eigenvalue weighted by atomic mass is 10.2. The summed E-state index contributed by atoms with van der Waals surface area (Å²) in [4.78, 5) is 2.50. The van der Waals surface area contributed by atoms with E-state index in [0.717, 1.165) is 31.4 Å². The first-order valence-electron chi connectivity index (χ1n) is 6.09. The Bertz CT molecular complexity index is 355. The van der Waals surface area contributed by atoms with Crippen LogP contribution >= 0.6 is 15.9 Å². The maximum atomic E-state index is 5.72. The maximum Gasteiger partial charge on any atom is 0.0799 e. The topological polar surface area (TPSA) is 30.3 Å². The second-order valence-corrected chi connectivity index (χ2v) is 5.30. The molecule has 2 rings (SSSR count). The highest BCUT2D eigenvalue weighted by Gasteiger charge is 2.25. The van der Waals surface area contributed by atoms with Gasteiger partial charge in [0.05, 0.1) is 12.7 Å². The lowest BCUT2D eigenvalue weighted by molar-refractivity contribution is -0.0461. The Labute approximate surface area is 111 Å². The third-order valence-corrected chi connectivity index (χ3v) is 4.11. The van der Waals surface area contributed by atoms with Crippen molar-refractivity contribution in [2.45, 2.75) is 25.5 Å². The highest BCUT2D eigenvalue weighted by molar-refractivity contribution is 9.09. The first-order chi connectivity index (χ1) is 8.20. The smallest absolute Gasteiger partial charge is 0.0799 e. The van der Waals surface area contributed by atoms with Crippen LogP contribution in [-0.2, 0) is 18.2 Å². The van der Waals surface area contributed by atoms with Crippen molar-refractivity contribution in [3.8, 4) is 0 Å². The van der Waals surface area contributed by atoms with Gasteiger partial charge in [-0.05, 0) is 13.0 Å². The fraction of sp³-hybridized carbons (Fsp3) is 0.750. The summed E-state index contributed by atoms with van der Waals surface area (Å²) < 4.78 is 7.68. The van der Waals surface area contributed by atoms with Gasteiger partial charge < -0.3 is 4.74 Å². The van der Waals surface area contributed by atoms with Gasteiger partial charge in [-0.1, -0.05) is 15.9 Å². The number of halogens is 1. The molecule has 0 aromatic carbocycles. The van der Waals surface area contributed by atoms with Crippen LogP contribution in [0.3, 0.4) is 0 Å². The quantitative estimate of drug-likeness (QED) is 0.789. The van der Waals surface area contributed by atoms with E-state index in [4.69, 9.17) is 4.74 Å². The molecule has 0 bridgehead atoms. The van der Waals surface area contributed by atoms with Crippen molar-refractivity contribution in [3.63, 3.8) is 0 Å². The molecule has 1 fully saturated rings. The van der Waals surface area contributed by atoms with Crippen LogP contribution in [0.5, 0.6) is 0 Å². The molecule has 0 spiro atoms. The predicted octanol–water partition coefficient (Wildman–Crippen LogP) is 1.45. The number of rotatable bonds is 4. The minimum Gasteiger partial charge on any atom is -0.374 e. The molecule has 1 aromatic heterocycles. The molecule has 0 N–H and O–H groups in total. The van der Waals surface area contributed by atoms with Crippen molar-refractivity contribution in [3.05, 3.63) is 18.0 Å². The van der Waals surface area contributed by atoms with Crippen LogP contribution in [0.1, 0.15) is 12.6 Å². The van der Waals surface area contributed by atoms with E-state index in [1.54, 1.807) is 0 Å². The van der Waals surface area contributed by atoms with Crippen molar-refractivity contribution < 1.29 is 4.74 Å². The molecule has 4 nitrogen and oxygen atoms in total. The monoisotopic (exact) mass is 301 g/mol. The van der Waals surface area contributed by atoms with Crippen molar-refractivity contribution in [1.82, 2.24) is 14.7 Å². The summed E-state index contributed by atoms with van der Waals surface area (Å²) in [5, 5.41) is 5.12. The van der Waals surface area contributed by atoms with Crippen molar-refractivity contribution in [1.29, 1.82) is 0 Å². The van der Waals surface area contributed by atoms with Crippen molar-refractivity contribution in [2.75, 3.05) is 25.0 Å². The number of alkyl halides is 1. The Morgan fingerprint density at radius 1 is 1.59 bits per heavy atom. The van der Waals surface area contributed by atoms with E-state index in [0.29, 0.717) is 12.1 Å². The first kappa shape index (κ1) is 13.1. The molecule has 0 radical (unpaired) electrons. The van der Waals surface area contributed by atoms with E-state index in [9.17, 15) is 0 Å². The molecule has 96 valence electrons. The molecule has 2 unspecified atom stereocenters. The maximum absolute atomic E-state index is 5.72. The minimum atomic E-state index is 0.331. The third kappa shape index (κ3) is 3.30. The SMILES string of the molecule is CC1COC(CBr)CN1CCc1ccnn1C. The lowest BCUT2D eigenvalue weighted by Gasteiger charge is -2.37. The van der Waals surface area contributed by atoms with Gasteiger partial charge in [0.15, 0.2) is 0 Å². The number of aryl methyl sites for hydroxylation is 1. The summed E-state index contributed by atoms with van der Waals surface area (Å²) >= 11 is 3.49. The number of hydrogen-bond acceptors (Lipinski definition) is 3. The lowest BCUT2D eigenvalue weighted by Crippen LogP contribution is -2.49. The number of hydrogen-bond donors (Lipinski definition) is 0. The molecule has 17 heavy (non-hydrogen) atoms. The summed E-state index contributed by atoms with van der Waals surface area (Å²) in [6.45, 7) is 5.16. The van der Waals surface area contributed by atoms with Gasteiger partial charge in [0.2, 0.25) is 0 Å². The third-order valence-electron chi connectivity index (χ3n) is 3.38. The van der Waals surface area contributed by atoms with Crippen LogP contribution < -0.4 is 0 Å². The number of nitrogens with zero attached hydrogens (tertiary/aromatic N) is 3. The molecular formula is C12H20BrN3O. The first-order valence-corrected chi connectivity index (χ1v) is 7.21. The van der Waals surface area contributed by atoms with Crippen molar-refractivity contribution in [2.24, 2.45) is 7.05 Å². The van der Waals surface area contributed by atoms with E-state index < -0.39 is 0 Å². The van der Waals surface area contributed by atoms with E-state index in [1.165, 1.54) is 5.69 Å². The Balaban J connectivity index is 1.87. The molecule has 1 saturated heterocycles. The molecule has 2 heterocycles. The summed E-state index contributed by atoms with van der Waals surface area (Å²) in [7, 11) is 2.00. The van der Waals surface area contributed by atoms with Crippen LogP contribution in [0.15, 0.2) is 12.3 Å². The fourth-order valence-corrected chi connectivity index (χ4v) is 2.58. The van der Waals surface area contributed by atoms with Crippen LogP contribution in [0.25, 0.3) is 0 Å². The normalized spacial score (nSPS) is 26.3. The number of aromatic nitrogens is 2. The average molecular weight is 302 g/mol. The van der Waals surface area contributed by atoms with Crippen LogP contribution in [0, 0.1) is 0 Å². The number of ether oxygens (including phenoxy) is 1. The van der Waals surface area contributed by atoms with Gasteiger partial charge in [0, 0.05) is 49.8 Å². The Kier molecular flexibility index (Phi) is 4.59. The summed E-state index contributed by atoms with van der Waals surface area (Å²) in [5.41, 5.74) is 1.29. The van der Waals surface area contributed by atoms with Gasteiger partial charge >= 0.3 is 0 Å². The van der Waals surface area contributed by atoms with Gasteiger partial charge in [-0.15, -0.1) is 0 Å². The summed E-state index contributed by atoms with van der Waals surface area (Å²) in [6.07, 6.45) is 3.24. The van der Waals surface area contributed by atoms with Gasteiger partial charge in [-0.2, -0.15) is 5.10 Å². The zero-order chi connectivity index (χ0) is 12.3. The molecule has 0 saturated carbocycles. The standard InChI is InChI=1S/C12H20BrN3O/c1-10-9-17-12(7-13)8-16(10)6-4-11-3-5-14-15(11)2/h3,5,10,12H,4,6-9H2,1-2H3. The average Bonchev–Trinajstić information content (AvgIpc) is 2.74. The Morgan fingerprint density at radius 3 is 3.06 bits per heavy atom. The highest BCUT2D eigenvalue weighted by atomic mass is 79.9. The minimum absolute atomic E-state index is 0.331. The highest BCUT2D eigenvalue weighted by Crippen LogP contribution is 2.14. The Morgan fingerprint density at radius 2 is 2.41 bits per heavy atom. The number of morpholine rings is 1. The molecule has 1 aliphatic rings. The van der Waals surface area contributed by atoms with Crippen molar-refractivity contribution >= 4 is 15.9 Å². The molecule has 2 atom stereocenters. The Hall–Kier alpha value is -0.390. The molecular weight excluding hydrogens is 282 g/mol. The largest absolute Gasteiger partial charge is 0.374 e. The van der Waals surface area contributed by atoms with Gasteiger partial charge in [0.25, 0.3) is 0 Å². The summed E-state index contributed by atoms with van der Waals surface area (Å²) in [6, 6.07) is 2.60. The second kappa shape index (κ2) is 5.98. The van der Waals surface area contributed by atoms with Gasteiger partial charge in [0.1, 0.15) is 0 Å². The zero-order valence-corrected chi connectivity index (χ0v) is 12.1. The van der Waals surface area contributed by atoms with E-state index in [2.05, 4.69) is 38.9 Å². The van der Waals surface area contributed by atoms with Crippen LogP contribution in [-0.4, -0.2) is 51.9 Å². The predicted molar refractivity (Wildman–Crippen MR) is 71.5 cm³/mol. The van der Waals surface area contributed by atoms with Crippen LogP contribution in [0.4, 0.5) is 0 Å². The van der Waals surface area contributed by atoms with Gasteiger partial charge in [-0.3, -0.25) is 9.58 Å². The van der Waals surface area contributed by atoms with E-state index in [1.807, 2.05) is 17.9 Å². The molecule has 0 aliphatic carbocycles. The van der Waals surface area contributed by atoms with Gasteiger partial charge in [-0.25, -0.2) is 0 Å². The fourth-order valence-electron chi connectivity index (χ4n) is 2.18. The van der Waals surface area contributed by atoms with E-state index >= 15 is 0 Å².